The van der Waals surface area contributed by atoms with Gasteiger partial charge in [0, 0.05) is 43.8 Å². The maximum atomic E-state index is 12.7. The quantitative estimate of drug-likeness (QED) is 0.735. The minimum Gasteiger partial charge on any atom is -0.379 e. The average Bonchev–Trinajstić information content (AvgIpc) is 3.22. The highest BCUT2D eigenvalue weighted by Gasteiger charge is 2.28. The molecule has 1 aromatic carbocycles. The normalized spacial score (nSPS) is 15.4. The van der Waals surface area contributed by atoms with Gasteiger partial charge in [0.25, 0.3) is 5.91 Å². The number of carbonyl (C=O) groups excluding carboxylic acids is 1. The van der Waals surface area contributed by atoms with E-state index in [0.29, 0.717) is 32.0 Å². The van der Waals surface area contributed by atoms with E-state index in [-0.39, 0.29) is 16.5 Å². The molecule has 1 aliphatic heterocycles. The summed E-state index contributed by atoms with van der Waals surface area (Å²) in [4.78, 5) is 17.5. The maximum Gasteiger partial charge on any atom is 0.272 e. The van der Waals surface area contributed by atoms with Gasteiger partial charge < -0.3 is 19.9 Å². The first-order valence-corrected chi connectivity index (χ1v) is 10.8. The molecule has 28 heavy (non-hydrogen) atoms. The molecule has 0 atom stereocenters. The Hall–Kier alpha value is -2.36. The molecule has 8 nitrogen and oxygen atoms in total. The molecule has 1 aromatic heterocycles. The number of rotatable bonds is 7. The summed E-state index contributed by atoms with van der Waals surface area (Å²) in [6.07, 6.45) is 1.35. The van der Waals surface area contributed by atoms with Crippen LogP contribution in [0.5, 0.6) is 0 Å². The summed E-state index contributed by atoms with van der Waals surface area (Å²) in [6.45, 7) is 7.37. The second-order valence-electron chi connectivity index (χ2n) is 6.44. The van der Waals surface area contributed by atoms with Crippen LogP contribution in [-0.2, 0) is 14.8 Å². The monoisotopic (exact) mass is 406 g/mol. The van der Waals surface area contributed by atoms with E-state index >= 15 is 0 Å². The molecule has 0 saturated carbocycles. The SMILES string of the molecule is CCN(CC)c1ccc(NC(=O)c2cc(S(=O)(=O)N3CCOCC3)c[nH]2)cc1. The van der Waals surface area contributed by atoms with Gasteiger partial charge in [0.1, 0.15) is 10.6 Å². The van der Waals surface area contributed by atoms with Crippen LogP contribution < -0.4 is 10.2 Å². The minimum absolute atomic E-state index is 0.0800. The molecule has 1 aliphatic rings. The van der Waals surface area contributed by atoms with Gasteiger partial charge in [-0.25, -0.2) is 8.42 Å². The fourth-order valence-electron chi connectivity index (χ4n) is 3.13. The van der Waals surface area contributed by atoms with Crippen molar-refractivity contribution in [2.45, 2.75) is 18.7 Å². The van der Waals surface area contributed by atoms with Crippen LogP contribution in [0.25, 0.3) is 0 Å². The van der Waals surface area contributed by atoms with E-state index < -0.39 is 10.0 Å². The molecule has 0 bridgehead atoms. The second kappa shape index (κ2) is 8.76. The van der Waals surface area contributed by atoms with Crippen LogP contribution in [0.3, 0.4) is 0 Å². The van der Waals surface area contributed by atoms with Gasteiger partial charge in [0.15, 0.2) is 0 Å². The first kappa shape index (κ1) is 20.4. The summed E-state index contributed by atoms with van der Waals surface area (Å²) in [5.74, 6) is -0.390. The number of H-pyrrole nitrogens is 1. The molecule has 2 aromatic rings. The zero-order valence-electron chi connectivity index (χ0n) is 16.1. The van der Waals surface area contributed by atoms with Crippen LogP contribution >= 0.6 is 0 Å². The third kappa shape index (κ3) is 4.37. The van der Waals surface area contributed by atoms with Gasteiger partial charge in [-0.1, -0.05) is 0 Å². The smallest absolute Gasteiger partial charge is 0.272 e. The van der Waals surface area contributed by atoms with Gasteiger partial charge in [0.05, 0.1) is 13.2 Å². The number of nitrogens with one attached hydrogen (secondary N) is 2. The Balaban J connectivity index is 1.69. The maximum absolute atomic E-state index is 12.7. The van der Waals surface area contributed by atoms with Crippen molar-refractivity contribution >= 4 is 27.3 Å². The Labute approximate surface area is 165 Å². The number of morpholine rings is 1. The van der Waals surface area contributed by atoms with Gasteiger partial charge in [-0.2, -0.15) is 4.31 Å². The van der Waals surface area contributed by atoms with E-state index in [1.54, 1.807) is 0 Å². The number of hydrogen-bond donors (Lipinski definition) is 2. The molecular weight excluding hydrogens is 380 g/mol. The van der Waals surface area contributed by atoms with Gasteiger partial charge in [-0.15, -0.1) is 0 Å². The van der Waals surface area contributed by atoms with Crippen molar-refractivity contribution < 1.29 is 17.9 Å². The van der Waals surface area contributed by atoms with Gasteiger partial charge in [-0.3, -0.25) is 4.79 Å². The molecule has 9 heteroatoms. The summed E-state index contributed by atoms with van der Waals surface area (Å²) in [7, 11) is -3.63. The molecule has 0 unspecified atom stereocenters. The number of carbonyl (C=O) groups is 1. The van der Waals surface area contributed by atoms with Crippen LogP contribution in [-0.4, -0.2) is 63.0 Å². The van der Waals surface area contributed by atoms with Crippen molar-refractivity contribution in [2.24, 2.45) is 0 Å². The zero-order valence-corrected chi connectivity index (χ0v) is 17.0. The van der Waals surface area contributed by atoms with Crippen LogP contribution in [0.2, 0.25) is 0 Å². The summed E-state index contributed by atoms with van der Waals surface area (Å²) in [5.41, 5.74) is 1.93. The van der Waals surface area contributed by atoms with Crippen LogP contribution in [0.15, 0.2) is 41.4 Å². The van der Waals surface area contributed by atoms with Crippen LogP contribution in [0, 0.1) is 0 Å². The van der Waals surface area contributed by atoms with Crippen LogP contribution in [0.1, 0.15) is 24.3 Å². The average molecular weight is 407 g/mol. The standard InChI is InChI=1S/C19H26N4O4S/c1-3-22(4-2)16-7-5-15(6-8-16)21-19(24)18-13-17(14-20-18)28(25,26)23-9-11-27-12-10-23/h5-8,13-14,20H,3-4,9-12H2,1-2H3,(H,21,24). The summed E-state index contributed by atoms with van der Waals surface area (Å²) in [6, 6.07) is 8.93. The molecule has 0 spiro atoms. The Bertz CT molecular complexity index is 898. The lowest BCUT2D eigenvalue weighted by Crippen LogP contribution is -2.40. The third-order valence-electron chi connectivity index (χ3n) is 4.76. The molecule has 1 amide bonds. The highest BCUT2D eigenvalue weighted by atomic mass is 32.2. The number of benzene rings is 1. The molecule has 0 radical (unpaired) electrons. The van der Waals surface area contributed by atoms with E-state index in [0.717, 1.165) is 18.8 Å². The molecule has 1 saturated heterocycles. The van der Waals surface area contributed by atoms with Crippen molar-refractivity contribution in [1.82, 2.24) is 9.29 Å². The minimum atomic E-state index is -3.63. The number of amides is 1. The molecule has 3 rings (SSSR count). The summed E-state index contributed by atoms with van der Waals surface area (Å²) in [5, 5.41) is 2.79. The molecule has 0 aliphatic carbocycles. The van der Waals surface area contributed by atoms with E-state index in [1.807, 2.05) is 24.3 Å². The lowest BCUT2D eigenvalue weighted by atomic mass is 10.2. The molecule has 2 heterocycles. The summed E-state index contributed by atoms with van der Waals surface area (Å²) >= 11 is 0. The van der Waals surface area contributed by atoms with Gasteiger partial charge >= 0.3 is 0 Å². The van der Waals surface area contributed by atoms with E-state index in [4.69, 9.17) is 4.74 Å². The first-order valence-electron chi connectivity index (χ1n) is 9.38. The van der Waals surface area contributed by atoms with Crippen molar-refractivity contribution in [3.63, 3.8) is 0 Å². The van der Waals surface area contributed by atoms with Crippen molar-refractivity contribution in [3.8, 4) is 0 Å². The zero-order chi connectivity index (χ0) is 20.1. The Morgan fingerprint density at radius 3 is 2.43 bits per heavy atom. The largest absolute Gasteiger partial charge is 0.379 e. The molecule has 1 fully saturated rings. The molecular formula is C19H26N4O4S. The van der Waals surface area contributed by atoms with Gasteiger partial charge in [-0.05, 0) is 44.2 Å². The Morgan fingerprint density at radius 2 is 1.82 bits per heavy atom. The molecule has 152 valence electrons. The topological polar surface area (TPSA) is 94.7 Å². The van der Waals surface area contributed by atoms with Gasteiger partial charge in [0.2, 0.25) is 10.0 Å². The first-order chi connectivity index (χ1) is 13.5. The molecule has 2 N–H and O–H groups in total. The Kier molecular flexibility index (Phi) is 6.38. The highest BCUT2D eigenvalue weighted by Crippen LogP contribution is 2.20. The number of hydrogen-bond acceptors (Lipinski definition) is 5. The number of ether oxygens (including phenoxy) is 1. The van der Waals surface area contributed by atoms with E-state index in [1.165, 1.54) is 16.6 Å². The second-order valence-corrected chi connectivity index (χ2v) is 8.38. The van der Waals surface area contributed by atoms with Crippen molar-refractivity contribution in [1.29, 1.82) is 0 Å². The third-order valence-corrected chi connectivity index (χ3v) is 6.64. The lowest BCUT2D eigenvalue weighted by molar-refractivity contribution is 0.0730. The van der Waals surface area contributed by atoms with Crippen LogP contribution in [0.4, 0.5) is 11.4 Å². The van der Waals surface area contributed by atoms with E-state index in [9.17, 15) is 13.2 Å². The number of aromatic nitrogens is 1. The van der Waals surface area contributed by atoms with Crippen molar-refractivity contribution in [2.75, 3.05) is 49.6 Å². The number of anilines is 2. The number of sulfonamides is 1. The fourth-order valence-corrected chi connectivity index (χ4v) is 4.54. The predicted molar refractivity (Wildman–Crippen MR) is 108 cm³/mol. The van der Waals surface area contributed by atoms with Crippen molar-refractivity contribution in [3.05, 3.63) is 42.2 Å². The number of aromatic amines is 1. The predicted octanol–water partition coefficient (Wildman–Crippen LogP) is 2.13. The Morgan fingerprint density at radius 1 is 1.18 bits per heavy atom. The fraction of sp³-hybridized carbons (Fsp3) is 0.421. The lowest BCUT2D eigenvalue weighted by Gasteiger charge is -2.25. The number of nitrogens with zero attached hydrogens (tertiary/aromatic N) is 2. The van der Waals surface area contributed by atoms with E-state index in [2.05, 4.69) is 29.0 Å². The highest BCUT2D eigenvalue weighted by molar-refractivity contribution is 7.89. The summed E-state index contributed by atoms with van der Waals surface area (Å²) < 4.78 is 31.9.